The molecule has 134 valence electrons. The van der Waals surface area contributed by atoms with Crippen molar-refractivity contribution in [2.24, 2.45) is 22.7 Å². The Bertz CT molecular complexity index is 535. The second kappa shape index (κ2) is 7.89. The summed E-state index contributed by atoms with van der Waals surface area (Å²) in [5, 5.41) is 7.01. The SMILES string of the molecule is CC(C)NC(=NCC1CCS(=O)(=O)C1)NC1CC2CCC1C2.I. The van der Waals surface area contributed by atoms with E-state index in [9.17, 15) is 8.42 Å². The monoisotopic (exact) mass is 455 g/mol. The Kier molecular flexibility index (Phi) is 6.61. The summed E-state index contributed by atoms with van der Waals surface area (Å²) in [4.78, 5) is 4.69. The number of hydrogen-bond donors (Lipinski definition) is 2. The summed E-state index contributed by atoms with van der Waals surface area (Å²) in [6.07, 6.45) is 6.13. The highest BCUT2D eigenvalue weighted by Gasteiger charge is 2.39. The summed E-state index contributed by atoms with van der Waals surface area (Å²) < 4.78 is 23.1. The number of nitrogens with zero attached hydrogens (tertiary/aromatic N) is 1. The molecule has 1 aliphatic heterocycles. The normalized spacial score (nSPS) is 35.3. The van der Waals surface area contributed by atoms with Crippen molar-refractivity contribution in [1.82, 2.24) is 10.6 Å². The van der Waals surface area contributed by atoms with E-state index in [-0.39, 0.29) is 29.9 Å². The molecule has 2 aliphatic carbocycles. The molecule has 3 fully saturated rings. The third kappa shape index (κ3) is 5.21. The van der Waals surface area contributed by atoms with Crippen LogP contribution in [-0.2, 0) is 9.84 Å². The van der Waals surface area contributed by atoms with Crippen LogP contribution in [0.5, 0.6) is 0 Å². The van der Waals surface area contributed by atoms with Gasteiger partial charge in [0.25, 0.3) is 0 Å². The molecular formula is C16H30IN3O2S. The highest BCUT2D eigenvalue weighted by molar-refractivity contribution is 14.0. The Labute approximate surface area is 157 Å². The van der Waals surface area contributed by atoms with Gasteiger partial charge in [-0.15, -0.1) is 24.0 Å². The average Bonchev–Trinajstić information content (AvgIpc) is 3.10. The quantitative estimate of drug-likeness (QED) is 0.387. The van der Waals surface area contributed by atoms with Gasteiger partial charge in [-0.3, -0.25) is 4.99 Å². The molecule has 0 amide bonds. The molecule has 2 bridgehead atoms. The van der Waals surface area contributed by atoms with Crippen LogP contribution < -0.4 is 10.6 Å². The zero-order chi connectivity index (χ0) is 15.7. The summed E-state index contributed by atoms with van der Waals surface area (Å²) in [5.41, 5.74) is 0. The number of halogens is 1. The van der Waals surface area contributed by atoms with Crippen LogP contribution in [0, 0.1) is 17.8 Å². The molecule has 2 saturated carbocycles. The number of rotatable bonds is 4. The van der Waals surface area contributed by atoms with Gasteiger partial charge in [-0.2, -0.15) is 0 Å². The van der Waals surface area contributed by atoms with E-state index in [1.807, 2.05) is 0 Å². The van der Waals surface area contributed by atoms with Crippen LogP contribution in [0.1, 0.15) is 46.0 Å². The molecule has 4 unspecified atom stereocenters. The predicted molar refractivity (Wildman–Crippen MR) is 105 cm³/mol. The van der Waals surface area contributed by atoms with Gasteiger partial charge >= 0.3 is 0 Å². The number of hydrogen-bond acceptors (Lipinski definition) is 3. The van der Waals surface area contributed by atoms with E-state index >= 15 is 0 Å². The number of fused-ring (bicyclic) bond motifs is 2. The van der Waals surface area contributed by atoms with Crippen molar-refractivity contribution in [3.8, 4) is 0 Å². The molecule has 23 heavy (non-hydrogen) atoms. The van der Waals surface area contributed by atoms with Crippen LogP contribution in [-0.4, -0.2) is 44.5 Å². The van der Waals surface area contributed by atoms with Crippen molar-refractivity contribution in [1.29, 1.82) is 0 Å². The first-order chi connectivity index (χ1) is 10.4. The van der Waals surface area contributed by atoms with Gasteiger partial charge in [0, 0.05) is 18.6 Å². The first-order valence-electron chi connectivity index (χ1n) is 8.69. The highest BCUT2D eigenvalue weighted by Crippen LogP contribution is 2.44. The van der Waals surface area contributed by atoms with Crippen LogP contribution in [0.4, 0.5) is 0 Å². The summed E-state index contributed by atoms with van der Waals surface area (Å²) >= 11 is 0. The lowest BCUT2D eigenvalue weighted by atomic mass is 9.95. The average molecular weight is 455 g/mol. The van der Waals surface area contributed by atoms with E-state index < -0.39 is 9.84 Å². The minimum absolute atomic E-state index is 0. The maximum absolute atomic E-state index is 11.5. The molecule has 1 saturated heterocycles. The number of aliphatic imine (C=N–C) groups is 1. The zero-order valence-electron chi connectivity index (χ0n) is 14.1. The number of guanidine groups is 1. The van der Waals surface area contributed by atoms with Gasteiger partial charge < -0.3 is 10.6 Å². The van der Waals surface area contributed by atoms with Crippen molar-refractivity contribution < 1.29 is 8.42 Å². The Hall–Kier alpha value is -0.0500. The van der Waals surface area contributed by atoms with Crippen LogP contribution in [0.15, 0.2) is 4.99 Å². The van der Waals surface area contributed by atoms with Gasteiger partial charge in [0.05, 0.1) is 11.5 Å². The third-order valence-corrected chi connectivity index (χ3v) is 7.16. The van der Waals surface area contributed by atoms with E-state index in [0.717, 1.165) is 24.2 Å². The van der Waals surface area contributed by atoms with E-state index in [1.54, 1.807) is 0 Å². The van der Waals surface area contributed by atoms with Crippen LogP contribution in [0.3, 0.4) is 0 Å². The fraction of sp³-hybridized carbons (Fsp3) is 0.938. The van der Waals surface area contributed by atoms with Gasteiger partial charge in [-0.25, -0.2) is 8.42 Å². The van der Waals surface area contributed by atoms with Gasteiger partial charge in [0.2, 0.25) is 0 Å². The van der Waals surface area contributed by atoms with Crippen molar-refractivity contribution in [3.05, 3.63) is 0 Å². The first-order valence-corrected chi connectivity index (χ1v) is 10.5. The Morgan fingerprint density at radius 3 is 2.52 bits per heavy atom. The van der Waals surface area contributed by atoms with E-state index in [1.165, 1.54) is 25.7 Å². The Morgan fingerprint density at radius 1 is 1.22 bits per heavy atom. The van der Waals surface area contributed by atoms with Crippen molar-refractivity contribution in [2.45, 2.75) is 58.0 Å². The van der Waals surface area contributed by atoms with Crippen molar-refractivity contribution in [3.63, 3.8) is 0 Å². The topological polar surface area (TPSA) is 70.6 Å². The molecule has 7 heteroatoms. The Morgan fingerprint density at radius 2 is 2.00 bits per heavy atom. The summed E-state index contributed by atoms with van der Waals surface area (Å²) in [6.45, 7) is 4.83. The lowest BCUT2D eigenvalue weighted by Gasteiger charge is -2.26. The molecular weight excluding hydrogens is 425 g/mol. The molecule has 0 aromatic rings. The molecule has 2 N–H and O–H groups in total. The second-order valence-electron chi connectivity index (χ2n) is 7.68. The lowest BCUT2D eigenvalue weighted by Crippen LogP contribution is -2.48. The summed E-state index contributed by atoms with van der Waals surface area (Å²) in [5.74, 6) is 3.41. The molecule has 0 aromatic carbocycles. The minimum Gasteiger partial charge on any atom is -0.354 e. The molecule has 0 spiro atoms. The van der Waals surface area contributed by atoms with Gasteiger partial charge in [0.15, 0.2) is 15.8 Å². The van der Waals surface area contributed by atoms with E-state index in [0.29, 0.717) is 30.1 Å². The minimum atomic E-state index is -2.81. The number of nitrogens with one attached hydrogen (secondary N) is 2. The van der Waals surface area contributed by atoms with Gasteiger partial charge in [-0.1, -0.05) is 6.42 Å². The summed E-state index contributed by atoms with van der Waals surface area (Å²) in [7, 11) is -2.81. The molecule has 0 aromatic heterocycles. The van der Waals surface area contributed by atoms with Gasteiger partial charge in [-0.05, 0) is 57.3 Å². The van der Waals surface area contributed by atoms with E-state index in [4.69, 9.17) is 0 Å². The van der Waals surface area contributed by atoms with Crippen LogP contribution in [0.2, 0.25) is 0 Å². The molecule has 4 atom stereocenters. The standard InChI is InChI=1S/C16H29N3O2S.HI/c1-11(2)18-16(17-9-13-5-6-22(20,21)10-13)19-15-8-12-3-4-14(15)7-12;/h11-15H,3-10H2,1-2H3,(H2,17,18,19);1H. The Balaban J connectivity index is 0.00000192. The fourth-order valence-electron chi connectivity index (χ4n) is 4.24. The van der Waals surface area contributed by atoms with Crippen molar-refractivity contribution in [2.75, 3.05) is 18.1 Å². The summed E-state index contributed by atoms with van der Waals surface area (Å²) in [6, 6.07) is 0.883. The van der Waals surface area contributed by atoms with Crippen LogP contribution in [0.25, 0.3) is 0 Å². The lowest BCUT2D eigenvalue weighted by molar-refractivity contribution is 0.386. The zero-order valence-corrected chi connectivity index (χ0v) is 17.3. The smallest absolute Gasteiger partial charge is 0.191 e. The molecule has 3 rings (SSSR count). The van der Waals surface area contributed by atoms with E-state index in [2.05, 4.69) is 29.5 Å². The first kappa shape index (κ1) is 19.3. The maximum atomic E-state index is 11.5. The fourth-order valence-corrected chi connectivity index (χ4v) is 6.09. The van der Waals surface area contributed by atoms with Crippen LogP contribution >= 0.6 is 24.0 Å². The second-order valence-corrected chi connectivity index (χ2v) is 9.91. The molecule has 3 aliphatic rings. The third-order valence-electron chi connectivity index (χ3n) is 5.32. The predicted octanol–water partition coefficient (Wildman–Crippen LogP) is 2.17. The van der Waals surface area contributed by atoms with Gasteiger partial charge in [0.1, 0.15) is 0 Å². The maximum Gasteiger partial charge on any atom is 0.191 e. The highest BCUT2D eigenvalue weighted by atomic mass is 127. The number of sulfone groups is 1. The molecule has 1 heterocycles. The largest absolute Gasteiger partial charge is 0.354 e. The molecule has 5 nitrogen and oxygen atoms in total. The van der Waals surface area contributed by atoms with Crippen molar-refractivity contribution >= 4 is 39.8 Å². The molecule has 0 radical (unpaired) electrons.